The minimum Gasteiger partial charge on any atom is -0.477 e. The van der Waals surface area contributed by atoms with E-state index in [9.17, 15) is 4.79 Å². The number of nitrogens with zero attached hydrogens (tertiary/aromatic N) is 2. The number of furan rings is 1. The number of aromatic nitrogens is 1. The van der Waals surface area contributed by atoms with Crippen molar-refractivity contribution in [3.8, 4) is 5.88 Å². The molecule has 1 fully saturated rings. The van der Waals surface area contributed by atoms with Gasteiger partial charge in [-0.15, -0.1) is 0 Å². The lowest BCUT2D eigenvalue weighted by Crippen LogP contribution is -2.39. The van der Waals surface area contributed by atoms with Gasteiger partial charge in [-0.05, 0) is 51.7 Å². The number of amides is 1. The first-order valence-electron chi connectivity index (χ1n) is 8.45. The van der Waals surface area contributed by atoms with Gasteiger partial charge in [0.1, 0.15) is 11.5 Å². The predicted octanol–water partition coefficient (Wildman–Crippen LogP) is 3.53. The summed E-state index contributed by atoms with van der Waals surface area (Å²) in [5.41, 5.74) is 1.74. The summed E-state index contributed by atoms with van der Waals surface area (Å²) in [5, 5.41) is 0. The molecule has 0 radical (unpaired) electrons. The Balaban J connectivity index is 1.51. The van der Waals surface area contributed by atoms with Gasteiger partial charge in [-0.25, -0.2) is 4.98 Å². The number of piperidine rings is 1. The highest BCUT2D eigenvalue weighted by Crippen LogP contribution is 2.23. The van der Waals surface area contributed by atoms with Gasteiger partial charge in [-0.3, -0.25) is 4.79 Å². The largest absolute Gasteiger partial charge is 0.477 e. The number of hydrogen-bond donors (Lipinski definition) is 0. The van der Waals surface area contributed by atoms with Crippen LogP contribution in [0.5, 0.6) is 5.88 Å². The lowest BCUT2D eigenvalue weighted by molar-refractivity contribution is 0.0657. The van der Waals surface area contributed by atoms with Crippen LogP contribution >= 0.6 is 0 Å². The third-order valence-corrected chi connectivity index (χ3v) is 4.59. The molecule has 0 N–H and O–H groups in total. The molecule has 2 aromatic rings. The molecule has 0 aliphatic carbocycles. The van der Waals surface area contributed by atoms with Crippen LogP contribution in [-0.4, -0.2) is 35.5 Å². The van der Waals surface area contributed by atoms with Gasteiger partial charge in [-0.2, -0.15) is 0 Å². The number of carbonyl (C=O) groups is 1. The number of aryl methyl sites for hydroxylation is 3. The van der Waals surface area contributed by atoms with Crippen LogP contribution in [0.4, 0.5) is 0 Å². The normalized spacial score (nSPS) is 15.5. The first kappa shape index (κ1) is 16.6. The summed E-state index contributed by atoms with van der Waals surface area (Å²) in [4.78, 5) is 18.8. The van der Waals surface area contributed by atoms with Crippen LogP contribution in [0, 0.1) is 26.7 Å². The summed E-state index contributed by atoms with van der Waals surface area (Å²) in [6.07, 6.45) is 3.65. The summed E-state index contributed by atoms with van der Waals surface area (Å²) in [5.74, 6) is 2.73. The van der Waals surface area contributed by atoms with Crippen LogP contribution in [0.25, 0.3) is 0 Å². The van der Waals surface area contributed by atoms with Crippen molar-refractivity contribution in [3.63, 3.8) is 0 Å². The Morgan fingerprint density at radius 1 is 1.33 bits per heavy atom. The Hall–Kier alpha value is -2.30. The van der Waals surface area contributed by atoms with Gasteiger partial charge in [-0.1, -0.05) is 6.07 Å². The fourth-order valence-corrected chi connectivity index (χ4v) is 3.14. The fourth-order valence-electron chi connectivity index (χ4n) is 3.14. The smallest absolute Gasteiger partial charge is 0.257 e. The zero-order chi connectivity index (χ0) is 17.1. The minimum absolute atomic E-state index is 0.0734. The molecule has 0 spiro atoms. The first-order valence-corrected chi connectivity index (χ1v) is 8.45. The Morgan fingerprint density at radius 2 is 2.08 bits per heavy atom. The van der Waals surface area contributed by atoms with E-state index in [1.54, 1.807) is 6.20 Å². The number of likely N-dealkylation sites (tertiary alicyclic amines) is 1. The van der Waals surface area contributed by atoms with Crippen molar-refractivity contribution in [2.24, 2.45) is 5.92 Å². The molecule has 0 saturated carbocycles. The molecule has 3 rings (SSSR count). The second-order valence-electron chi connectivity index (χ2n) is 6.50. The topological polar surface area (TPSA) is 55.6 Å². The SMILES string of the molecule is Cc1cc(C(=O)N2CCC(COc3ncccc3C)CC2)c(C)o1. The Labute approximate surface area is 142 Å². The zero-order valence-corrected chi connectivity index (χ0v) is 14.5. The van der Waals surface area contributed by atoms with Gasteiger partial charge >= 0.3 is 0 Å². The highest BCUT2D eigenvalue weighted by Gasteiger charge is 2.26. The molecule has 3 heterocycles. The Bertz CT molecular complexity index is 715. The third-order valence-electron chi connectivity index (χ3n) is 4.59. The van der Waals surface area contributed by atoms with Crippen molar-refractivity contribution >= 4 is 5.91 Å². The lowest BCUT2D eigenvalue weighted by atomic mass is 9.97. The van der Waals surface area contributed by atoms with E-state index < -0.39 is 0 Å². The molecular weight excluding hydrogens is 304 g/mol. The maximum absolute atomic E-state index is 12.6. The number of ether oxygens (including phenoxy) is 1. The van der Waals surface area contributed by atoms with E-state index in [1.165, 1.54) is 0 Å². The van der Waals surface area contributed by atoms with Crippen LogP contribution in [0.1, 0.15) is 40.3 Å². The summed E-state index contributed by atoms with van der Waals surface area (Å²) >= 11 is 0. The van der Waals surface area contributed by atoms with Gasteiger partial charge in [0.15, 0.2) is 0 Å². The molecule has 1 aliphatic heterocycles. The molecule has 0 unspecified atom stereocenters. The fraction of sp³-hybridized carbons (Fsp3) is 0.474. The molecular formula is C19H24N2O3. The number of carbonyl (C=O) groups excluding carboxylic acids is 1. The third kappa shape index (κ3) is 3.61. The van der Waals surface area contributed by atoms with E-state index in [2.05, 4.69) is 4.98 Å². The minimum atomic E-state index is 0.0734. The second-order valence-corrected chi connectivity index (χ2v) is 6.50. The summed E-state index contributed by atoms with van der Waals surface area (Å²) in [6, 6.07) is 5.74. The summed E-state index contributed by atoms with van der Waals surface area (Å²) < 4.78 is 11.3. The molecule has 5 heteroatoms. The van der Waals surface area contributed by atoms with E-state index in [-0.39, 0.29) is 5.91 Å². The molecule has 1 amide bonds. The second kappa shape index (κ2) is 7.07. The van der Waals surface area contributed by atoms with Crippen molar-refractivity contribution in [1.82, 2.24) is 9.88 Å². The lowest BCUT2D eigenvalue weighted by Gasteiger charge is -2.31. The summed E-state index contributed by atoms with van der Waals surface area (Å²) in [7, 11) is 0. The van der Waals surface area contributed by atoms with Crippen LogP contribution in [0.15, 0.2) is 28.8 Å². The number of pyridine rings is 1. The molecule has 0 atom stereocenters. The number of hydrogen-bond acceptors (Lipinski definition) is 4. The van der Waals surface area contributed by atoms with E-state index >= 15 is 0 Å². The van der Waals surface area contributed by atoms with Crippen molar-refractivity contribution in [1.29, 1.82) is 0 Å². The Kier molecular flexibility index (Phi) is 4.88. The monoisotopic (exact) mass is 328 g/mol. The molecule has 1 saturated heterocycles. The van der Waals surface area contributed by atoms with Crippen LogP contribution < -0.4 is 4.74 Å². The number of rotatable bonds is 4. The predicted molar refractivity (Wildman–Crippen MR) is 91.3 cm³/mol. The Morgan fingerprint density at radius 3 is 2.71 bits per heavy atom. The van der Waals surface area contributed by atoms with Gasteiger partial charge < -0.3 is 14.1 Å². The summed E-state index contributed by atoms with van der Waals surface area (Å²) in [6.45, 7) is 7.89. The van der Waals surface area contributed by atoms with Gasteiger partial charge in [0.2, 0.25) is 5.88 Å². The molecule has 0 bridgehead atoms. The van der Waals surface area contributed by atoms with Crippen molar-refractivity contribution in [3.05, 3.63) is 47.0 Å². The van der Waals surface area contributed by atoms with Crippen LogP contribution in [0.2, 0.25) is 0 Å². The van der Waals surface area contributed by atoms with Gasteiger partial charge in [0.25, 0.3) is 5.91 Å². The average Bonchev–Trinajstić information content (AvgIpc) is 2.92. The first-order chi connectivity index (χ1) is 11.5. The molecule has 24 heavy (non-hydrogen) atoms. The maximum atomic E-state index is 12.6. The molecule has 128 valence electrons. The van der Waals surface area contributed by atoms with Gasteiger partial charge in [0, 0.05) is 24.8 Å². The molecule has 5 nitrogen and oxygen atoms in total. The van der Waals surface area contributed by atoms with Crippen molar-refractivity contribution in [2.45, 2.75) is 33.6 Å². The molecule has 0 aromatic carbocycles. The van der Waals surface area contributed by atoms with Crippen molar-refractivity contribution in [2.75, 3.05) is 19.7 Å². The molecule has 2 aromatic heterocycles. The quantitative estimate of drug-likeness (QED) is 0.861. The van der Waals surface area contributed by atoms with Gasteiger partial charge in [0.05, 0.1) is 12.2 Å². The highest BCUT2D eigenvalue weighted by molar-refractivity contribution is 5.95. The average molecular weight is 328 g/mol. The van der Waals surface area contributed by atoms with E-state index in [0.29, 0.717) is 29.7 Å². The molecule has 1 aliphatic rings. The maximum Gasteiger partial charge on any atom is 0.257 e. The van der Waals surface area contributed by atoms with E-state index in [1.807, 2.05) is 43.9 Å². The highest BCUT2D eigenvalue weighted by atomic mass is 16.5. The van der Waals surface area contributed by atoms with Crippen LogP contribution in [0.3, 0.4) is 0 Å². The van der Waals surface area contributed by atoms with E-state index in [0.717, 1.165) is 37.3 Å². The standard InChI is InChI=1S/C19H24N2O3/c1-13-5-4-8-20-18(13)23-12-16-6-9-21(10-7-16)19(22)17-11-14(2)24-15(17)3/h4-5,8,11,16H,6-7,9-10,12H2,1-3H3. The zero-order valence-electron chi connectivity index (χ0n) is 14.5. The van der Waals surface area contributed by atoms with E-state index in [4.69, 9.17) is 9.15 Å². The van der Waals surface area contributed by atoms with Crippen LogP contribution in [-0.2, 0) is 0 Å². The van der Waals surface area contributed by atoms with Crippen molar-refractivity contribution < 1.29 is 13.9 Å².